The average molecular weight is 501 g/mol. The molecule has 36 heavy (non-hydrogen) atoms. The van der Waals surface area contributed by atoms with Crippen LogP contribution in [0.25, 0.3) is 11.1 Å². The summed E-state index contributed by atoms with van der Waals surface area (Å²) in [4.78, 5) is 13.1. The van der Waals surface area contributed by atoms with Gasteiger partial charge in [0.2, 0.25) is 25.1 Å². The molecule has 1 unspecified atom stereocenters. The van der Waals surface area contributed by atoms with E-state index in [1.54, 1.807) is 19.9 Å². The second kappa shape index (κ2) is 8.07. The molecule has 0 saturated heterocycles. The van der Waals surface area contributed by atoms with Gasteiger partial charge in [-0.3, -0.25) is 0 Å². The maximum absolute atomic E-state index is 13.1. The zero-order chi connectivity index (χ0) is 25.4. The number of fused-ring (bicyclic) bond motifs is 3. The number of methoxy groups -OCH3 is 1. The highest BCUT2D eigenvalue weighted by molar-refractivity contribution is 5.89. The van der Waals surface area contributed by atoms with E-state index in [1.165, 1.54) is 7.11 Å². The van der Waals surface area contributed by atoms with Crippen molar-refractivity contribution < 1.29 is 48.2 Å². The van der Waals surface area contributed by atoms with Gasteiger partial charge in [-0.1, -0.05) is 13.8 Å². The standard InChI is InChI=1S/C26H28O10/c1-11-8-31-23-17-13(6-15-21(23)35-9-32-15)5-12(2)26(3,29)24(36-25(28)19(11)27)14-7-16-20(34-10-33-16)22(30-4)18(14)17/h6-7,11-12,19,24,27,29H,5,8-10H2,1-4H3/t11-,12+,19-,24?,26+/m1/s1. The molecule has 0 fully saturated rings. The van der Waals surface area contributed by atoms with Gasteiger partial charge in [-0.2, -0.15) is 0 Å². The van der Waals surface area contributed by atoms with E-state index in [4.69, 9.17) is 33.2 Å². The molecule has 3 aliphatic heterocycles. The lowest BCUT2D eigenvalue weighted by molar-refractivity contribution is -0.182. The van der Waals surface area contributed by atoms with Crippen LogP contribution in [-0.2, 0) is 16.0 Å². The molecular weight excluding hydrogens is 472 g/mol. The summed E-state index contributed by atoms with van der Waals surface area (Å²) >= 11 is 0. The van der Waals surface area contributed by atoms with Gasteiger partial charge >= 0.3 is 5.97 Å². The smallest absolute Gasteiger partial charge is 0.336 e. The largest absolute Gasteiger partial charge is 0.492 e. The second-order valence-electron chi connectivity index (χ2n) is 9.96. The molecule has 1 aliphatic carbocycles. The molecule has 2 N–H and O–H groups in total. The Bertz CT molecular complexity index is 1250. The summed E-state index contributed by atoms with van der Waals surface area (Å²) < 4.78 is 41.0. The molecule has 2 bridgehead atoms. The Balaban J connectivity index is 1.76. The number of ether oxygens (including phenoxy) is 7. The molecule has 0 spiro atoms. The van der Waals surface area contributed by atoms with Gasteiger partial charge < -0.3 is 43.4 Å². The number of carbonyl (C=O) groups is 1. The Morgan fingerprint density at radius 2 is 1.67 bits per heavy atom. The van der Waals surface area contributed by atoms with Crippen LogP contribution < -0.4 is 28.4 Å². The first-order valence-corrected chi connectivity index (χ1v) is 11.9. The van der Waals surface area contributed by atoms with Gasteiger partial charge in [0.05, 0.1) is 13.7 Å². The first kappa shape index (κ1) is 23.1. The number of rotatable bonds is 1. The maximum Gasteiger partial charge on any atom is 0.336 e. The summed E-state index contributed by atoms with van der Waals surface area (Å²) in [6.45, 7) is 5.20. The molecule has 5 atom stereocenters. The highest BCUT2D eigenvalue weighted by Gasteiger charge is 2.48. The summed E-state index contributed by atoms with van der Waals surface area (Å²) in [5.74, 6) is 0.620. The van der Waals surface area contributed by atoms with Crippen molar-refractivity contribution in [3.63, 3.8) is 0 Å². The molecule has 2 aromatic rings. The molecule has 0 saturated carbocycles. The lowest BCUT2D eigenvalue weighted by atomic mass is 9.73. The van der Waals surface area contributed by atoms with Crippen molar-refractivity contribution >= 4 is 5.97 Å². The molecule has 10 nitrogen and oxygen atoms in total. The number of aliphatic hydroxyl groups is 2. The third kappa shape index (κ3) is 3.20. The molecule has 192 valence electrons. The van der Waals surface area contributed by atoms with Gasteiger partial charge in [-0.25, -0.2) is 4.79 Å². The van der Waals surface area contributed by atoms with Crippen molar-refractivity contribution in [3.8, 4) is 45.6 Å². The maximum atomic E-state index is 13.1. The van der Waals surface area contributed by atoms with E-state index in [0.29, 0.717) is 57.6 Å². The highest BCUT2D eigenvalue weighted by Crippen LogP contribution is 2.60. The number of benzene rings is 2. The van der Waals surface area contributed by atoms with Gasteiger partial charge in [0, 0.05) is 22.6 Å². The number of hydrogen-bond acceptors (Lipinski definition) is 10. The number of aliphatic hydroxyl groups excluding tert-OH is 1. The lowest BCUT2D eigenvalue weighted by Gasteiger charge is -2.41. The van der Waals surface area contributed by atoms with E-state index in [9.17, 15) is 15.0 Å². The molecule has 6 rings (SSSR count). The van der Waals surface area contributed by atoms with Crippen LogP contribution in [0.4, 0.5) is 0 Å². The number of esters is 1. The minimum Gasteiger partial charge on any atom is -0.492 e. The fourth-order valence-electron chi connectivity index (χ4n) is 5.34. The Hall–Kier alpha value is -3.37. The fourth-order valence-corrected chi connectivity index (χ4v) is 5.34. The fraction of sp³-hybridized carbons (Fsp3) is 0.500. The van der Waals surface area contributed by atoms with Gasteiger partial charge in [-0.15, -0.1) is 0 Å². The van der Waals surface area contributed by atoms with Crippen LogP contribution in [0.5, 0.6) is 34.5 Å². The minimum absolute atomic E-state index is 0.00132. The van der Waals surface area contributed by atoms with Crippen molar-refractivity contribution in [2.24, 2.45) is 11.8 Å². The van der Waals surface area contributed by atoms with E-state index in [-0.39, 0.29) is 26.1 Å². The summed E-state index contributed by atoms with van der Waals surface area (Å²) in [6.07, 6.45) is -2.24. The average Bonchev–Trinajstić information content (AvgIpc) is 3.51. The molecular formula is C26H28O10. The highest BCUT2D eigenvalue weighted by atomic mass is 16.7. The normalized spacial score (nSPS) is 29.9. The molecule has 10 heteroatoms. The minimum atomic E-state index is -1.53. The first-order chi connectivity index (χ1) is 17.2. The number of hydrogen-bond donors (Lipinski definition) is 2. The summed E-state index contributed by atoms with van der Waals surface area (Å²) in [5.41, 5.74) is 0.927. The Kier molecular flexibility index (Phi) is 5.17. The Morgan fingerprint density at radius 3 is 2.39 bits per heavy atom. The van der Waals surface area contributed by atoms with Crippen LogP contribution in [0.15, 0.2) is 12.1 Å². The zero-order valence-corrected chi connectivity index (χ0v) is 20.5. The van der Waals surface area contributed by atoms with Crippen molar-refractivity contribution in [1.82, 2.24) is 0 Å². The molecule has 2 aromatic carbocycles. The van der Waals surface area contributed by atoms with Crippen LogP contribution in [-0.4, -0.2) is 55.2 Å². The number of carbonyl (C=O) groups excluding carboxylic acids is 1. The van der Waals surface area contributed by atoms with E-state index >= 15 is 0 Å². The molecule has 0 radical (unpaired) electrons. The molecule has 0 aromatic heterocycles. The second-order valence-corrected chi connectivity index (χ2v) is 9.96. The van der Waals surface area contributed by atoms with Crippen LogP contribution in [0.3, 0.4) is 0 Å². The van der Waals surface area contributed by atoms with Gasteiger partial charge in [0.15, 0.2) is 35.2 Å². The lowest BCUT2D eigenvalue weighted by Crippen LogP contribution is -2.45. The van der Waals surface area contributed by atoms with E-state index in [0.717, 1.165) is 5.56 Å². The van der Waals surface area contributed by atoms with Crippen LogP contribution in [0.1, 0.15) is 38.0 Å². The first-order valence-electron chi connectivity index (χ1n) is 11.9. The third-order valence-corrected chi connectivity index (χ3v) is 7.65. The third-order valence-electron chi connectivity index (χ3n) is 7.65. The van der Waals surface area contributed by atoms with Crippen molar-refractivity contribution in [2.45, 2.75) is 45.0 Å². The van der Waals surface area contributed by atoms with E-state index in [1.807, 2.05) is 13.0 Å². The SMILES string of the molecule is COc1c2c(cc3c1-c1c4cc5c(c1OC[C@@H](C)[C@@H](O)C(=O)OC3[C@@](C)(O)[C@@H](C)C4)OCO5)OCO2. The summed E-state index contributed by atoms with van der Waals surface area (Å²) in [7, 11) is 1.51. The predicted octanol–water partition coefficient (Wildman–Crippen LogP) is 2.74. The van der Waals surface area contributed by atoms with Crippen molar-refractivity contribution in [2.75, 3.05) is 27.3 Å². The van der Waals surface area contributed by atoms with Gasteiger partial charge in [-0.05, 0) is 37.0 Å². The monoisotopic (exact) mass is 500 g/mol. The summed E-state index contributed by atoms with van der Waals surface area (Å²) in [5, 5.41) is 22.7. The van der Waals surface area contributed by atoms with Gasteiger partial charge in [0.25, 0.3) is 0 Å². The Morgan fingerprint density at radius 1 is 0.972 bits per heavy atom. The van der Waals surface area contributed by atoms with Crippen molar-refractivity contribution in [1.29, 1.82) is 0 Å². The van der Waals surface area contributed by atoms with E-state index in [2.05, 4.69) is 0 Å². The molecule has 0 amide bonds. The van der Waals surface area contributed by atoms with Crippen LogP contribution in [0, 0.1) is 11.8 Å². The van der Waals surface area contributed by atoms with Crippen molar-refractivity contribution in [3.05, 3.63) is 23.3 Å². The van der Waals surface area contributed by atoms with Crippen LogP contribution in [0.2, 0.25) is 0 Å². The Labute approximate surface area is 207 Å². The van der Waals surface area contributed by atoms with Gasteiger partial charge in [0.1, 0.15) is 5.60 Å². The molecule has 3 heterocycles. The molecule has 4 aliphatic rings. The van der Waals surface area contributed by atoms with Crippen LogP contribution >= 0.6 is 0 Å². The topological polar surface area (TPSA) is 122 Å². The quantitative estimate of drug-likeness (QED) is 0.565. The van der Waals surface area contributed by atoms with E-state index < -0.39 is 29.7 Å². The summed E-state index contributed by atoms with van der Waals surface area (Å²) in [6, 6.07) is 3.58. The zero-order valence-electron chi connectivity index (χ0n) is 20.5. The predicted molar refractivity (Wildman–Crippen MR) is 124 cm³/mol.